The number of fused-ring (bicyclic) bond motifs is 1. The van der Waals surface area contributed by atoms with Crippen LogP contribution in [0.4, 0.5) is 5.13 Å². The second kappa shape index (κ2) is 7.23. The summed E-state index contributed by atoms with van der Waals surface area (Å²) in [4.78, 5) is 24.4. The normalized spacial score (nSPS) is 10.8. The van der Waals surface area contributed by atoms with Crippen LogP contribution in [0.2, 0.25) is 0 Å². The number of ether oxygens (including phenoxy) is 1. The Morgan fingerprint density at radius 2 is 2.12 bits per heavy atom. The van der Waals surface area contributed by atoms with E-state index in [1.165, 1.54) is 22.7 Å². The van der Waals surface area contributed by atoms with Gasteiger partial charge in [0.1, 0.15) is 5.75 Å². The molecule has 1 aromatic carbocycles. The third-order valence-electron chi connectivity index (χ3n) is 3.84. The van der Waals surface area contributed by atoms with Gasteiger partial charge in [0.2, 0.25) is 0 Å². The molecule has 130 valence electrons. The Balaban J connectivity index is 1.75. The number of hydrogen-bond acceptors (Lipinski definition) is 6. The largest absolute Gasteiger partial charge is 0.497 e. The van der Waals surface area contributed by atoms with Gasteiger partial charge in [-0.25, -0.2) is 4.98 Å². The van der Waals surface area contributed by atoms with E-state index in [9.17, 15) is 4.79 Å². The molecule has 0 saturated carbocycles. The van der Waals surface area contributed by atoms with Gasteiger partial charge in [0.25, 0.3) is 5.91 Å². The number of hydrogen-bond donors (Lipinski definition) is 0. The standard InChI is InChI=1S/C19H15N3O2S2/c1-24-14-7-8-15-17(11-14)26-19(21-15)22(12-13-5-2-3-9-20-13)18(23)16-6-4-10-25-16/h2-11H,12H2,1H3. The molecule has 0 radical (unpaired) electrons. The maximum absolute atomic E-state index is 13.1. The first kappa shape index (κ1) is 16.7. The highest BCUT2D eigenvalue weighted by atomic mass is 32.1. The predicted octanol–water partition coefficient (Wildman–Crippen LogP) is 4.61. The highest BCUT2D eigenvalue weighted by Crippen LogP contribution is 2.33. The van der Waals surface area contributed by atoms with Crippen molar-refractivity contribution in [3.63, 3.8) is 0 Å². The monoisotopic (exact) mass is 381 g/mol. The maximum Gasteiger partial charge on any atom is 0.270 e. The van der Waals surface area contributed by atoms with Gasteiger partial charge in [0, 0.05) is 6.20 Å². The number of aromatic nitrogens is 2. The van der Waals surface area contributed by atoms with Crippen molar-refractivity contribution in [1.82, 2.24) is 9.97 Å². The van der Waals surface area contributed by atoms with Crippen LogP contribution in [-0.2, 0) is 6.54 Å². The number of pyridine rings is 1. The van der Waals surface area contributed by atoms with E-state index in [0.29, 0.717) is 16.6 Å². The molecule has 4 rings (SSSR count). The molecule has 0 aliphatic rings. The zero-order valence-corrected chi connectivity index (χ0v) is 15.6. The van der Waals surface area contributed by atoms with Gasteiger partial charge >= 0.3 is 0 Å². The molecule has 7 heteroatoms. The Morgan fingerprint density at radius 1 is 1.19 bits per heavy atom. The fourth-order valence-corrected chi connectivity index (χ4v) is 4.21. The average Bonchev–Trinajstić information content (AvgIpc) is 3.35. The highest BCUT2D eigenvalue weighted by Gasteiger charge is 2.23. The SMILES string of the molecule is COc1ccc2nc(N(Cc3ccccn3)C(=O)c3cccs3)sc2c1. The number of carbonyl (C=O) groups is 1. The molecular formula is C19H15N3O2S2. The molecule has 0 bridgehead atoms. The molecule has 0 spiro atoms. The summed E-state index contributed by atoms with van der Waals surface area (Å²) in [5.74, 6) is 0.699. The quantitative estimate of drug-likeness (QED) is 0.507. The van der Waals surface area contributed by atoms with E-state index in [4.69, 9.17) is 4.74 Å². The molecule has 5 nitrogen and oxygen atoms in total. The summed E-state index contributed by atoms with van der Waals surface area (Å²) in [6, 6.07) is 15.1. The molecule has 0 atom stereocenters. The van der Waals surface area contributed by atoms with Crippen molar-refractivity contribution in [2.45, 2.75) is 6.54 Å². The molecular weight excluding hydrogens is 366 g/mol. The summed E-state index contributed by atoms with van der Waals surface area (Å²) in [5, 5.41) is 2.55. The van der Waals surface area contributed by atoms with E-state index in [2.05, 4.69) is 9.97 Å². The Morgan fingerprint density at radius 3 is 2.85 bits per heavy atom. The number of thiophene rings is 1. The molecule has 4 aromatic rings. The zero-order chi connectivity index (χ0) is 17.9. The van der Waals surface area contributed by atoms with Crippen LogP contribution < -0.4 is 9.64 Å². The van der Waals surface area contributed by atoms with Crippen molar-refractivity contribution in [1.29, 1.82) is 0 Å². The van der Waals surface area contributed by atoms with Gasteiger partial charge in [0.15, 0.2) is 5.13 Å². The fraction of sp³-hybridized carbons (Fsp3) is 0.105. The summed E-state index contributed by atoms with van der Waals surface area (Å²) in [6.07, 6.45) is 1.73. The van der Waals surface area contributed by atoms with Crippen LogP contribution in [0, 0.1) is 0 Å². The van der Waals surface area contributed by atoms with E-state index in [-0.39, 0.29) is 5.91 Å². The molecule has 0 saturated heterocycles. The van der Waals surface area contributed by atoms with Crippen LogP contribution >= 0.6 is 22.7 Å². The highest BCUT2D eigenvalue weighted by molar-refractivity contribution is 7.22. The number of nitrogens with zero attached hydrogens (tertiary/aromatic N) is 3. The van der Waals surface area contributed by atoms with Gasteiger partial charge in [-0.1, -0.05) is 23.5 Å². The first-order valence-electron chi connectivity index (χ1n) is 7.94. The van der Waals surface area contributed by atoms with Crippen molar-refractivity contribution in [3.05, 3.63) is 70.7 Å². The third-order valence-corrected chi connectivity index (χ3v) is 5.74. The number of amides is 1. The van der Waals surface area contributed by atoms with Gasteiger partial charge in [-0.3, -0.25) is 14.7 Å². The Labute approximate surface area is 158 Å². The summed E-state index contributed by atoms with van der Waals surface area (Å²) in [5.41, 5.74) is 1.66. The van der Waals surface area contributed by atoms with E-state index in [1.54, 1.807) is 18.2 Å². The first-order valence-corrected chi connectivity index (χ1v) is 9.64. The van der Waals surface area contributed by atoms with Crippen molar-refractivity contribution in [2.75, 3.05) is 12.0 Å². The average molecular weight is 381 g/mol. The minimum Gasteiger partial charge on any atom is -0.497 e. The molecule has 0 fully saturated rings. The number of rotatable bonds is 5. The van der Waals surface area contributed by atoms with Crippen LogP contribution in [0.1, 0.15) is 15.4 Å². The van der Waals surface area contributed by atoms with Crippen LogP contribution in [-0.4, -0.2) is 23.0 Å². The minimum atomic E-state index is -0.0725. The lowest BCUT2D eigenvalue weighted by atomic mass is 10.3. The summed E-state index contributed by atoms with van der Waals surface area (Å²) in [6.45, 7) is 0.370. The van der Waals surface area contributed by atoms with E-state index < -0.39 is 0 Å². The molecule has 0 N–H and O–H groups in total. The number of thiazole rings is 1. The lowest BCUT2D eigenvalue weighted by molar-refractivity contribution is 0.0988. The Bertz CT molecular complexity index is 1030. The lowest BCUT2D eigenvalue weighted by Crippen LogP contribution is -2.30. The molecule has 0 aliphatic heterocycles. The van der Waals surface area contributed by atoms with Gasteiger partial charge < -0.3 is 4.74 Å². The molecule has 26 heavy (non-hydrogen) atoms. The second-order valence-electron chi connectivity index (χ2n) is 5.52. The lowest BCUT2D eigenvalue weighted by Gasteiger charge is -2.18. The van der Waals surface area contributed by atoms with Crippen LogP contribution in [0.5, 0.6) is 5.75 Å². The molecule has 0 aliphatic carbocycles. The van der Waals surface area contributed by atoms with Gasteiger partial charge in [0.05, 0.1) is 34.4 Å². The third kappa shape index (κ3) is 3.31. The number of benzene rings is 1. The summed E-state index contributed by atoms with van der Waals surface area (Å²) >= 11 is 2.89. The summed E-state index contributed by atoms with van der Waals surface area (Å²) in [7, 11) is 1.64. The second-order valence-corrected chi connectivity index (χ2v) is 7.48. The van der Waals surface area contributed by atoms with Crippen molar-refractivity contribution in [2.24, 2.45) is 0 Å². The number of anilines is 1. The van der Waals surface area contributed by atoms with Gasteiger partial charge in [-0.05, 0) is 41.8 Å². The topological polar surface area (TPSA) is 55.3 Å². The predicted molar refractivity (Wildman–Crippen MR) is 105 cm³/mol. The molecule has 3 aromatic heterocycles. The molecule has 3 heterocycles. The van der Waals surface area contributed by atoms with Crippen LogP contribution in [0.3, 0.4) is 0 Å². The van der Waals surface area contributed by atoms with Crippen molar-refractivity contribution < 1.29 is 9.53 Å². The molecule has 0 unspecified atom stereocenters. The van der Waals surface area contributed by atoms with E-state index in [1.807, 2.05) is 53.9 Å². The van der Waals surface area contributed by atoms with Crippen LogP contribution in [0.25, 0.3) is 10.2 Å². The van der Waals surface area contributed by atoms with Crippen molar-refractivity contribution >= 4 is 43.9 Å². The first-order chi connectivity index (χ1) is 12.7. The number of methoxy groups -OCH3 is 1. The number of carbonyl (C=O) groups excluding carboxylic acids is 1. The summed E-state index contributed by atoms with van der Waals surface area (Å²) < 4.78 is 6.26. The minimum absolute atomic E-state index is 0.0725. The van der Waals surface area contributed by atoms with Gasteiger partial charge in [-0.15, -0.1) is 11.3 Å². The fourth-order valence-electron chi connectivity index (χ4n) is 2.55. The molecule has 1 amide bonds. The Kier molecular flexibility index (Phi) is 4.64. The van der Waals surface area contributed by atoms with Gasteiger partial charge in [-0.2, -0.15) is 0 Å². The Hall–Kier alpha value is -2.77. The maximum atomic E-state index is 13.1. The van der Waals surface area contributed by atoms with Crippen LogP contribution in [0.15, 0.2) is 60.1 Å². The van der Waals surface area contributed by atoms with E-state index in [0.717, 1.165) is 21.7 Å². The zero-order valence-electron chi connectivity index (χ0n) is 14.0. The smallest absolute Gasteiger partial charge is 0.270 e. The van der Waals surface area contributed by atoms with Crippen molar-refractivity contribution in [3.8, 4) is 5.75 Å². The van der Waals surface area contributed by atoms with E-state index >= 15 is 0 Å².